The molecule has 2 atom stereocenters. The molecule has 0 aliphatic rings. The second-order valence-electron chi connectivity index (χ2n) is 13.4. The van der Waals surface area contributed by atoms with Gasteiger partial charge in [0.2, 0.25) is 0 Å². The molecule has 54 heavy (non-hydrogen) atoms. The Kier molecular flexibility index (Phi) is 17.0. The first-order valence-electron chi connectivity index (χ1n) is 19.4. The van der Waals surface area contributed by atoms with Crippen LogP contribution in [-0.2, 0) is 41.4 Å². The molecule has 0 bridgehead atoms. The lowest BCUT2D eigenvalue weighted by atomic mass is 10.0. The molecule has 0 radical (unpaired) electrons. The monoisotopic (exact) mass is 734 g/mol. The van der Waals surface area contributed by atoms with Crippen LogP contribution in [0.3, 0.4) is 0 Å². The van der Waals surface area contributed by atoms with Crippen LogP contribution in [0.5, 0.6) is 0 Å². The highest BCUT2D eigenvalue weighted by Crippen LogP contribution is 2.25. The summed E-state index contributed by atoms with van der Waals surface area (Å²) in [5, 5.41) is 0. The van der Waals surface area contributed by atoms with Gasteiger partial charge in [-0.25, -0.2) is 9.59 Å². The van der Waals surface area contributed by atoms with Crippen molar-refractivity contribution in [3.63, 3.8) is 0 Å². The van der Waals surface area contributed by atoms with Crippen LogP contribution in [0.2, 0.25) is 0 Å². The molecule has 0 fully saturated rings. The molecule has 0 unspecified atom stereocenters. The van der Waals surface area contributed by atoms with Gasteiger partial charge in [-0.2, -0.15) is 0 Å². The highest BCUT2D eigenvalue weighted by molar-refractivity contribution is 5.92. The van der Waals surface area contributed by atoms with Gasteiger partial charge in [0.1, 0.15) is 12.2 Å². The molecule has 4 rings (SSSR count). The van der Waals surface area contributed by atoms with Crippen LogP contribution < -0.4 is 0 Å². The number of carbonyl (C=O) groups is 4. The molecule has 0 N–H and O–H groups in total. The maximum Gasteiger partial charge on any atom is 0.338 e. The van der Waals surface area contributed by atoms with Crippen molar-refractivity contribution in [3.05, 3.63) is 119 Å². The van der Waals surface area contributed by atoms with Crippen molar-refractivity contribution in [2.75, 3.05) is 13.2 Å². The molecule has 286 valence electrons. The summed E-state index contributed by atoms with van der Waals surface area (Å²) in [4.78, 5) is 52.5. The highest BCUT2D eigenvalue weighted by atomic mass is 16.6. The maximum atomic E-state index is 13.5. The molecule has 0 aliphatic carbocycles. The average molecular weight is 735 g/mol. The summed E-state index contributed by atoms with van der Waals surface area (Å²) in [5.41, 5.74) is 6.91. The molecule has 8 nitrogen and oxygen atoms in total. The topological polar surface area (TPSA) is 105 Å². The van der Waals surface area contributed by atoms with Gasteiger partial charge in [0.05, 0.1) is 37.2 Å². The average Bonchev–Trinajstić information content (AvgIpc) is 3.18. The van der Waals surface area contributed by atoms with E-state index in [0.29, 0.717) is 0 Å². The van der Waals surface area contributed by atoms with Crippen LogP contribution in [0.25, 0.3) is 22.3 Å². The SMILES string of the molecule is CCCCCc1ccc(-c2ccc(C(=O)O[C@H](CC(=O)OCC)[C@@H](CC(=O)OCC)OC(=O)c3ccc(-c4ccc(CCCCC)cc4)cc3)cc2)cc1. The van der Waals surface area contributed by atoms with Crippen molar-refractivity contribution >= 4 is 23.9 Å². The number of benzene rings is 4. The summed E-state index contributed by atoms with van der Waals surface area (Å²) in [6.45, 7) is 7.88. The summed E-state index contributed by atoms with van der Waals surface area (Å²) in [6.07, 6.45) is 5.62. The largest absolute Gasteiger partial charge is 0.466 e. The van der Waals surface area contributed by atoms with E-state index in [9.17, 15) is 19.2 Å². The third-order valence-electron chi connectivity index (χ3n) is 9.23. The van der Waals surface area contributed by atoms with Crippen LogP contribution >= 0.6 is 0 Å². The summed E-state index contributed by atoms with van der Waals surface area (Å²) in [6, 6.07) is 30.6. The zero-order valence-electron chi connectivity index (χ0n) is 32.1. The minimum atomic E-state index is -1.33. The molecule has 0 amide bonds. The molecular weight excluding hydrogens is 680 g/mol. The lowest BCUT2D eigenvalue weighted by Gasteiger charge is -2.26. The van der Waals surface area contributed by atoms with Gasteiger partial charge in [-0.3, -0.25) is 9.59 Å². The number of hydrogen-bond acceptors (Lipinski definition) is 8. The van der Waals surface area contributed by atoms with E-state index in [2.05, 4.69) is 62.4 Å². The number of unbranched alkanes of at least 4 members (excludes halogenated alkanes) is 4. The van der Waals surface area contributed by atoms with Crippen molar-refractivity contribution < 1.29 is 38.1 Å². The van der Waals surface area contributed by atoms with Crippen LogP contribution in [-0.4, -0.2) is 49.3 Å². The van der Waals surface area contributed by atoms with Crippen molar-refractivity contribution in [3.8, 4) is 22.3 Å². The van der Waals surface area contributed by atoms with Crippen molar-refractivity contribution in [2.45, 2.75) is 104 Å². The minimum Gasteiger partial charge on any atom is -0.466 e. The highest BCUT2D eigenvalue weighted by Gasteiger charge is 2.34. The molecule has 0 spiro atoms. The van der Waals surface area contributed by atoms with Gasteiger partial charge in [0.25, 0.3) is 0 Å². The number of hydrogen-bond donors (Lipinski definition) is 0. The molecule has 4 aromatic rings. The van der Waals surface area contributed by atoms with Gasteiger partial charge in [0.15, 0.2) is 0 Å². The lowest BCUT2D eigenvalue weighted by Crippen LogP contribution is -2.39. The van der Waals surface area contributed by atoms with Crippen LogP contribution in [0.4, 0.5) is 0 Å². The third-order valence-corrected chi connectivity index (χ3v) is 9.23. The second-order valence-corrected chi connectivity index (χ2v) is 13.4. The first-order chi connectivity index (χ1) is 26.2. The van der Waals surface area contributed by atoms with Gasteiger partial charge < -0.3 is 18.9 Å². The summed E-state index contributed by atoms with van der Waals surface area (Å²) in [7, 11) is 0. The Balaban J connectivity index is 1.50. The third kappa shape index (κ3) is 13.0. The Morgan fingerprint density at radius 2 is 0.759 bits per heavy atom. The van der Waals surface area contributed by atoms with Gasteiger partial charge in [0, 0.05) is 0 Å². The molecule has 0 saturated heterocycles. The second kappa shape index (κ2) is 22.1. The van der Waals surface area contributed by atoms with Crippen LogP contribution in [0.1, 0.15) is 111 Å². The van der Waals surface area contributed by atoms with E-state index in [1.807, 2.05) is 24.3 Å². The van der Waals surface area contributed by atoms with Crippen molar-refractivity contribution in [1.82, 2.24) is 0 Å². The number of aryl methyl sites for hydroxylation is 2. The molecule has 8 heteroatoms. The first kappa shape index (κ1) is 41.5. The Morgan fingerprint density at radius 1 is 0.444 bits per heavy atom. The molecule has 4 aromatic carbocycles. The fourth-order valence-electron chi connectivity index (χ4n) is 6.16. The van der Waals surface area contributed by atoms with E-state index in [1.54, 1.807) is 38.1 Å². The number of ether oxygens (including phenoxy) is 4. The zero-order valence-corrected chi connectivity index (χ0v) is 32.1. The fourth-order valence-corrected chi connectivity index (χ4v) is 6.16. The van der Waals surface area contributed by atoms with Crippen LogP contribution in [0, 0.1) is 0 Å². The van der Waals surface area contributed by atoms with E-state index in [-0.39, 0.29) is 24.3 Å². The van der Waals surface area contributed by atoms with E-state index >= 15 is 0 Å². The summed E-state index contributed by atoms with van der Waals surface area (Å²) >= 11 is 0. The van der Waals surface area contributed by atoms with Gasteiger partial charge >= 0.3 is 23.9 Å². The zero-order chi connectivity index (χ0) is 38.7. The van der Waals surface area contributed by atoms with Crippen molar-refractivity contribution in [1.29, 1.82) is 0 Å². The predicted octanol–water partition coefficient (Wildman–Crippen LogP) is 10.1. The van der Waals surface area contributed by atoms with Gasteiger partial charge in [-0.15, -0.1) is 0 Å². The molecule has 0 aromatic heterocycles. The molecular formula is C46H54O8. The van der Waals surface area contributed by atoms with Crippen molar-refractivity contribution in [2.24, 2.45) is 0 Å². The van der Waals surface area contributed by atoms with Gasteiger partial charge in [-0.05, 0) is 97.2 Å². The quantitative estimate of drug-likeness (QED) is 0.0473. The Hall–Kier alpha value is -5.24. The minimum absolute atomic E-state index is 0.0942. The lowest BCUT2D eigenvalue weighted by molar-refractivity contribution is -0.153. The van der Waals surface area contributed by atoms with Gasteiger partial charge in [-0.1, -0.05) is 112 Å². The van der Waals surface area contributed by atoms with E-state index in [0.717, 1.165) is 47.9 Å². The van der Waals surface area contributed by atoms with E-state index in [4.69, 9.17) is 18.9 Å². The standard InChI is InChI=1S/C46H54O8/c1-5-9-11-13-33-15-19-35(20-16-33)37-23-27-39(28-24-37)45(49)53-41(31-43(47)51-7-3)42(32-44(48)52-8-4)54-46(50)40-29-25-38(26-30-40)36-21-17-34(18-22-36)14-12-10-6-2/h15-30,41-42H,5-14,31-32H2,1-4H3/t41-,42-/m1/s1. The summed E-state index contributed by atoms with van der Waals surface area (Å²) < 4.78 is 22.0. The molecule has 0 saturated carbocycles. The Bertz CT molecular complexity index is 1630. The Labute approximate surface area is 320 Å². The predicted molar refractivity (Wildman–Crippen MR) is 211 cm³/mol. The maximum absolute atomic E-state index is 13.5. The molecule has 0 heterocycles. The fraction of sp³-hybridized carbons (Fsp3) is 0.391. The summed E-state index contributed by atoms with van der Waals surface area (Å²) in [5.74, 6) is -2.83. The van der Waals surface area contributed by atoms with E-state index in [1.165, 1.54) is 36.8 Å². The number of rotatable bonds is 21. The smallest absolute Gasteiger partial charge is 0.338 e. The number of carbonyl (C=O) groups excluding carboxylic acids is 4. The first-order valence-corrected chi connectivity index (χ1v) is 19.4. The molecule has 0 aliphatic heterocycles. The Morgan fingerprint density at radius 3 is 1.06 bits per heavy atom. The number of esters is 4. The van der Waals surface area contributed by atoms with E-state index < -0.39 is 48.9 Å². The normalized spacial score (nSPS) is 12.0. The van der Waals surface area contributed by atoms with Crippen LogP contribution in [0.15, 0.2) is 97.1 Å².